The second-order valence-corrected chi connectivity index (χ2v) is 23.3. The fraction of sp³-hybridized carbons (Fsp3) is 0.660. The molecule has 4 unspecified atom stereocenters. The lowest BCUT2D eigenvalue weighted by Gasteiger charge is -2.26. The average Bonchev–Trinajstić information content (AvgIpc) is 4.03. The molecule has 0 spiro atoms. The first kappa shape index (κ1) is 68.5. The van der Waals surface area contributed by atoms with Crippen LogP contribution in [0.3, 0.4) is 0 Å². The van der Waals surface area contributed by atoms with Crippen LogP contribution < -0.4 is 52.8 Å². The number of ether oxygens (including phenoxy) is 3. The molecule has 2 saturated heterocycles. The molecule has 2 fully saturated rings. The van der Waals surface area contributed by atoms with Gasteiger partial charge in [0, 0.05) is 61.9 Å². The van der Waals surface area contributed by atoms with Crippen molar-refractivity contribution >= 4 is 67.2 Å². The Kier molecular flexibility index (Phi) is 31.3. The largest absolute Gasteiger partial charge is 0.530 e. The molecule has 1 aromatic carbocycles. The number of alkyl carbamates (subject to hydrolysis) is 1. The molecule has 6 atom stereocenters. The zero-order chi connectivity index (χ0) is 59.1. The number of carbonyl (C=O) groups is 8. The van der Waals surface area contributed by atoms with Crippen molar-refractivity contribution in [2.24, 2.45) is 11.7 Å². The van der Waals surface area contributed by atoms with Gasteiger partial charge in [-0.15, -0.1) is 13.2 Å². The minimum atomic E-state index is -4.29. The lowest BCUT2D eigenvalue weighted by atomic mass is 9.99. The smallest absolute Gasteiger partial charge is 0.444 e. The third kappa shape index (κ3) is 27.6. The number of rotatable bonds is 41. The Bertz CT molecular complexity index is 2240. The fourth-order valence-electron chi connectivity index (χ4n) is 8.20. The number of nitrogens with two attached hydrogens (primary N) is 1. The Morgan fingerprint density at radius 2 is 1.43 bits per heavy atom. The Balaban J connectivity index is 1.56. The second-order valence-electron chi connectivity index (χ2n) is 20.5. The molecule has 27 heteroatoms. The van der Waals surface area contributed by atoms with Crippen molar-refractivity contribution in [1.82, 2.24) is 42.5 Å². The van der Waals surface area contributed by atoms with E-state index in [9.17, 15) is 47.3 Å². The molecule has 0 aliphatic carbocycles. The van der Waals surface area contributed by atoms with Gasteiger partial charge >= 0.3 is 19.9 Å². The van der Waals surface area contributed by atoms with Crippen LogP contribution in [-0.2, 0) is 69.7 Å². The lowest BCUT2D eigenvalue weighted by Crippen LogP contribution is -2.57. The maximum Gasteiger partial charge on any atom is 0.530 e. The molecule has 2 aliphatic rings. The normalized spacial score (nSPS) is 16.9. The Morgan fingerprint density at radius 3 is 2.04 bits per heavy atom. The number of halogens is 1. The number of phosphoric acid groups is 1. The Hall–Kier alpha value is -5.79. The number of primary amides is 1. The molecule has 10 N–H and O–H groups in total. The van der Waals surface area contributed by atoms with Gasteiger partial charge in [-0.2, -0.15) is 11.8 Å². The van der Waals surface area contributed by atoms with Crippen LogP contribution in [0.1, 0.15) is 110 Å². The molecule has 80 heavy (non-hydrogen) atoms. The van der Waals surface area contributed by atoms with Crippen molar-refractivity contribution in [3.63, 3.8) is 0 Å². The number of hydrogen-bond acceptors (Lipinski definition) is 16. The summed E-state index contributed by atoms with van der Waals surface area (Å²) in [6.07, 6.45) is 4.97. The number of thioether (sulfide) groups is 1. The molecular formula is C53H85FN9O15PS. The topological polar surface area (TPSA) is 331 Å². The average molecular weight is 1170 g/mol. The predicted molar refractivity (Wildman–Crippen MR) is 299 cm³/mol. The van der Waals surface area contributed by atoms with Crippen molar-refractivity contribution in [3.05, 3.63) is 54.6 Å². The number of benzene rings is 1. The van der Waals surface area contributed by atoms with Crippen LogP contribution in [0.15, 0.2) is 43.5 Å². The summed E-state index contributed by atoms with van der Waals surface area (Å²) in [7, 11) is -4.29. The van der Waals surface area contributed by atoms with Crippen LogP contribution in [0.5, 0.6) is 5.75 Å². The number of unbranched alkanes of at least 4 members (excludes halogenated alkanes) is 2. The third-order valence-corrected chi connectivity index (χ3v) is 14.9. The van der Waals surface area contributed by atoms with Gasteiger partial charge in [-0.05, 0) is 82.9 Å². The molecular weight excluding hydrogens is 1080 g/mol. The highest BCUT2D eigenvalue weighted by Crippen LogP contribution is 2.50. The van der Waals surface area contributed by atoms with Crippen molar-refractivity contribution in [1.29, 1.82) is 0 Å². The van der Waals surface area contributed by atoms with E-state index in [0.29, 0.717) is 36.8 Å². The molecule has 0 aromatic heterocycles. The van der Waals surface area contributed by atoms with E-state index < -0.39 is 73.9 Å². The van der Waals surface area contributed by atoms with Crippen molar-refractivity contribution < 1.29 is 75.1 Å². The minimum Gasteiger partial charge on any atom is -0.444 e. The van der Waals surface area contributed by atoms with Crippen LogP contribution in [0, 0.1) is 5.92 Å². The monoisotopic (exact) mass is 1170 g/mol. The Labute approximate surface area is 473 Å². The Morgan fingerprint density at radius 1 is 0.800 bits per heavy atom. The molecule has 0 saturated carbocycles. The van der Waals surface area contributed by atoms with Gasteiger partial charge in [0.1, 0.15) is 36.2 Å². The van der Waals surface area contributed by atoms with Gasteiger partial charge in [0.2, 0.25) is 35.4 Å². The van der Waals surface area contributed by atoms with Gasteiger partial charge in [-0.25, -0.2) is 18.5 Å². The number of phosphoric ester groups is 1. The summed E-state index contributed by atoms with van der Waals surface area (Å²) in [6, 6.07) is 0.446. The number of carbonyl (C=O) groups excluding carboxylic acids is 8. The van der Waals surface area contributed by atoms with Gasteiger partial charge < -0.3 is 67.0 Å². The standard InChI is InChI=1S/C53H85FN9O15PS/c1-8-24-75-79(72,76-25-9-2)78-42-18-17-36(31-37(42)33-54)32-40(50(69)60-39(48(55)67)30-35(3)4)61-49(68)38(14-12-13-21-58-52(71)77-53(5,6)7)59-46(66)20-19-45(65)57-23-27-74-29-28-73-26-22-56-44(64)16-11-10-15-43-47-41(34-80-43)62-51(70)63-47/h8-9,17-18,31,35,38-41,43,47H,1-2,10-16,19-30,32-34H2,3-7H3,(H2,55,67)(H,56,64)(H,57,65)(H,58,71)(H,59,66)(H,60,69)(H,61,68)(H2,62,63,70)/t38?,39?,40?,41-,43?,47-/m1/s1. The van der Waals surface area contributed by atoms with Crippen LogP contribution in [-0.4, -0.2) is 154 Å². The molecule has 24 nitrogen and oxygen atoms in total. The third-order valence-electron chi connectivity index (χ3n) is 12.0. The van der Waals surface area contributed by atoms with Crippen molar-refractivity contribution in [2.45, 2.75) is 153 Å². The number of hydrogen-bond donors (Lipinski definition) is 9. The van der Waals surface area contributed by atoms with Crippen LogP contribution in [0.25, 0.3) is 0 Å². The molecule has 0 bridgehead atoms. The first-order valence-corrected chi connectivity index (χ1v) is 29.6. The summed E-state index contributed by atoms with van der Waals surface area (Å²) < 4.78 is 60.3. The van der Waals surface area contributed by atoms with E-state index >= 15 is 0 Å². The highest BCUT2D eigenvalue weighted by Gasteiger charge is 2.42. The van der Waals surface area contributed by atoms with E-state index in [4.69, 9.17) is 33.5 Å². The quantitative estimate of drug-likeness (QED) is 0.0193. The number of alkyl halides is 1. The lowest BCUT2D eigenvalue weighted by molar-refractivity contribution is -0.133. The molecule has 1 aromatic rings. The maximum atomic E-state index is 14.6. The number of nitrogens with one attached hydrogen (secondary N) is 8. The highest BCUT2D eigenvalue weighted by molar-refractivity contribution is 8.00. The van der Waals surface area contributed by atoms with Crippen LogP contribution >= 0.6 is 19.6 Å². The zero-order valence-electron chi connectivity index (χ0n) is 46.8. The van der Waals surface area contributed by atoms with Crippen molar-refractivity contribution in [2.75, 3.05) is 65.0 Å². The molecule has 450 valence electrons. The summed E-state index contributed by atoms with van der Waals surface area (Å²) in [5.41, 5.74) is 5.11. The minimum absolute atomic E-state index is 0.0182. The molecule has 3 rings (SSSR count). The van der Waals surface area contributed by atoms with Gasteiger partial charge in [-0.1, -0.05) is 38.5 Å². The van der Waals surface area contributed by atoms with E-state index in [1.54, 1.807) is 20.8 Å². The van der Waals surface area contributed by atoms with Gasteiger partial charge in [0.15, 0.2) is 0 Å². The van der Waals surface area contributed by atoms with Crippen molar-refractivity contribution in [3.8, 4) is 5.75 Å². The summed E-state index contributed by atoms with van der Waals surface area (Å²) in [6.45, 7) is 15.9. The summed E-state index contributed by atoms with van der Waals surface area (Å²) in [4.78, 5) is 103. The zero-order valence-corrected chi connectivity index (χ0v) is 48.5. The van der Waals surface area contributed by atoms with E-state index in [0.717, 1.165) is 25.0 Å². The highest BCUT2D eigenvalue weighted by atomic mass is 32.2. The van der Waals surface area contributed by atoms with E-state index in [1.807, 2.05) is 25.6 Å². The fourth-order valence-corrected chi connectivity index (χ4v) is 10.9. The van der Waals surface area contributed by atoms with Gasteiger partial charge in [0.25, 0.3) is 0 Å². The molecule has 0 radical (unpaired) electrons. The van der Waals surface area contributed by atoms with Crippen LogP contribution in [0.4, 0.5) is 14.0 Å². The number of urea groups is 1. The molecule has 2 heterocycles. The SMILES string of the molecule is C=CCOP(=O)(OCC=C)Oc1ccc(CC(NC(=O)C(CCCCNC(=O)OC(C)(C)C)NC(=O)CCC(=O)NCCOCCOCCNC(=O)CCCCC2SC[C@H]3NC(=O)N[C@@H]23)C(=O)NC(CC(C)C)C(N)=O)cc1CF. The second kappa shape index (κ2) is 36.5. The first-order chi connectivity index (χ1) is 38.0. The number of fused-ring (bicyclic) bond motifs is 1. The summed E-state index contributed by atoms with van der Waals surface area (Å²) >= 11 is 1.85. The van der Waals surface area contributed by atoms with E-state index in [-0.39, 0.29) is 126 Å². The first-order valence-electron chi connectivity index (χ1n) is 27.1. The summed E-state index contributed by atoms with van der Waals surface area (Å²) in [5, 5.41) is 22.4. The van der Waals surface area contributed by atoms with Crippen LogP contribution in [0.2, 0.25) is 0 Å². The van der Waals surface area contributed by atoms with E-state index in [1.165, 1.54) is 30.4 Å². The van der Waals surface area contributed by atoms with Gasteiger partial charge in [0.05, 0.1) is 51.7 Å². The summed E-state index contributed by atoms with van der Waals surface area (Å²) in [5.74, 6) is -2.99. The predicted octanol–water partition coefficient (Wildman–Crippen LogP) is 4.04. The number of amides is 9. The van der Waals surface area contributed by atoms with E-state index in [2.05, 4.69) is 55.7 Å². The molecule has 2 aliphatic heterocycles. The maximum absolute atomic E-state index is 14.6. The molecule has 9 amide bonds. The van der Waals surface area contributed by atoms with Gasteiger partial charge in [-0.3, -0.25) is 37.8 Å².